The molecule has 25 N–H and O–H groups in total. The van der Waals surface area contributed by atoms with E-state index in [1.165, 1.54) is 17.0 Å². The lowest BCUT2D eigenvalue weighted by Gasteiger charge is -2.31. The summed E-state index contributed by atoms with van der Waals surface area (Å²) in [5, 5.41) is 63.1. The zero-order chi connectivity index (χ0) is 70.4. The molecule has 1 saturated heterocycles. The van der Waals surface area contributed by atoms with Gasteiger partial charge in [-0.15, -0.1) is 0 Å². The molecule has 8 atom stereocenters. The van der Waals surface area contributed by atoms with Crippen LogP contribution >= 0.6 is 0 Å². The zero-order valence-corrected chi connectivity index (χ0v) is 54.1. The van der Waals surface area contributed by atoms with Crippen molar-refractivity contribution in [3.63, 3.8) is 0 Å². The molecular formula is C63H96N20O13. The number of carbonyl (C=O) groups is 10. The van der Waals surface area contributed by atoms with E-state index in [4.69, 9.17) is 54.4 Å². The molecule has 526 valence electrons. The van der Waals surface area contributed by atoms with Crippen molar-refractivity contribution in [2.45, 2.75) is 138 Å². The van der Waals surface area contributed by atoms with Crippen LogP contribution in [0.15, 0.2) is 84.9 Å². The van der Waals surface area contributed by atoms with Crippen LogP contribution in [-0.2, 0) is 76.7 Å². The minimum Gasteiger partial charge on any atom is -0.508 e. The molecule has 0 aliphatic carbocycles. The first-order valence-electron chi connectivity index (χ1n) is 31.8. The van der Waals surface area contributed by atoms with E-state index in [1.807, 2.05) is 0 Å². The predicted molar refractivity (Wildman–Crippen MR) is 356 cm³/mol. The second-order valence-corrected chi connectivity index (χ2v) is 22.9. The van der Waals surface area contributed by atoms with E-state index in [-0.39, 0.29) is 127 Å². The summed E-state index contributed by atoms with van der Waals surface area (Å²) in [6, 6.07) is 12.3. The van der Waals surface area contributed by atoms with Crippen molar-refractivity contribution in [1.29, 1.82) is 16.2 Å². The monoisotopic (exact) mass is 1340 g/mol. The Kier molecular flexibility index (Phi) is 35.0. The molecule has 0 bridgehead atoms. The van der Waals surface area contributed by atoms with Crippen LogP contribution < -0.4 is 87.2 Å². The van der Waals surface area contributed by atoms with Gasteiger partial charge in [-0.3, -0.25) is 64.2 Å². The average molecular weight is 1340 g/mol. The zero-order valence-electron chi connectivity index (χ0n) is 54.1. The molecule has 0 radical (unpaired) electrons. The molecule has 10 amide bonds. The number of primary amides is 2. The standard InChI is InChI=1S/C63H96N20O13/c1-95-33-34-96-32-12-26-72-30-25-52(86)76-47(37-41-21-23-42(84)24-22-41)56(90)82-48(35-39-13-4-2-5-14-39)57(91)77-43(17-8-27-73-61(66)67)55(89)81-49(36-40-15-6-3-7-16-40)58(92)79-45(19-10-29-75-63(70)71)60(94)83-31-11-20-50(83)59(93)78-44(18-9-28-74-62(68)69)54(88)80-46(53(65)87)38-51(64)85/h2-7,13-16,21-24,43-50,72,84H,8-12,17-20,25-38H2,1H3,(H2,64,85)(H2,65,87)(H,76,86)(H,77,91)(H,78,93)(H,79,92)(H,80,88)(H,81,89)(H,82,90)(H4,66,67,73)(H4,68,69,74)(H4,70,71,75)/t43-,44-,45-,46-,47-,48-,49-,50-/m0/s1. The van der Waals surface area contributed by atoms with Crippen LogP contribution in [0.4, 0.5) is 0 Å². The lowest BCUT2D eigenvalue weighted by molar-refractivity contribution is -0.142. The molecule has 1 heterocycles. The molecule has 96 heavy (non-hydrogen) atoms. The van der Waals surface area contributed by atoms with Gasteiger partial charge in [0.1, 0.15) is 54.1 Å². The minimum absolute atomic E-state index is 0.0107. The number of amides is 10. The van der Waals surface area contributed by atoms with E-state index < -0.39 is 114 Å². The fourth-order valence-corrected chi connectivity index (χ4v) is 10.3. The van der Waals surface area contributed by atoms with Crippen molar-refractivity contribution in [3.05, 3.63) is 102 Å². The summed E-state index contributed by atoms with van der Waals surface area (Å²) in [5.74, 6) is -9.32. The maximum atomic E-state index is 15.0. The molecular weight excluding hydrogens is 1240 g/mol. The first-order chi connectivity index (χ1) is 45.9. The Hall–Kier alpha value is -10.1. The maximum absolute atomic E-state index is 15.0. The van der Waals surface area contributed by atoms with Gasteiger partial charge in [0, 0.05) is 72.1 Å². The van der Waals surface area contributed by atoms with Gasteiger partial charge < -0.3 is 107 Å². The van der Waals surface area contributed by atoms with Crippen LogP contribution in [0, 0.1) is 16.2 Å². The normalized spacial score (nSPS) is 14.7. The van der Waals surface area contributed by atoms with Gasteiger partial charge >= 0.3 is 0 Å². The third kappa shape index (κ3) is 30.3. The highest BCUT2D eigenvalue weighted by atomic mass is 16.5. The Labute approximate surface area is 557 Å². The number of benzene rings is 3. The van der Waals surface area contributed by atoms with Gasteiger partial charge in [-0.05, 0) is 93.2 Å². The Bertz CT molecular complexity index is 3040. The van der Waals surface area contributed by atoms with Crippen molar-refractivity contribution < 1.29 is 62.5 Å². The van der Waals surface area contributed by atoms with Crippen LogP contribution in [0.1, 0.15) is 87.3 Å². The molecule has 4 rings (SSSR count). The molecule has 33 heteroatoms. The Balaban J connectivity index is 1.66. The Morgan fingerprint density at radius 2 is 0.948 bits per heavy atom. The Morgan fingerprint density at radius 1 is 0.510 bits per heavy atom. The lowest BCUT2D eigenvalue weighted by atomic mass is 10.0. The number of aromatic hydroxyl groups is 1. The van der Waals surface area contributed by atoms with Crippen LogP contribution in [-0.4, -0.2) is 201 Å². The maximum Gasteiger partial charge on any atom is 0.245 e. The minimum atomic E-state index is -1.53. The number of hydrogen-bond acceptors (Lipinski definition) is 17. The molecule has 0 spiro atoms. The summed E-state index contributed by atoms with van der Waals surface area (Å²) in [4.78, 5) is 141. The molecule has 0 saturated carbocycles. The second kappa shape index (κ2) is 43.0. The number of nitrogens with two attached hydrogens (primary N) is 5. The van der Waals surface area contributed by atoms with E-state index >= 15 is 0 Å². The van der Waals surface area contributed by atoms with Gasteiger partial charge in [0.25, 0.3) is 0 Å². The fraction of sp³-hybridized carbons (Fsp3) is 0.508. The van der Waals surface area contributed by atoms with E-state index in [0.29, 0.717) is 55.9 Å². The number of carbonyl (C=O) groups excluding carboxylic acids is 10. The van der Waals surface area contributed by atoms with Gasteiger partial charge in [0.05, 0.1) is 19.6 Å². The smallest absolute Gasteiger partial charge is 0.245 e. The van der Waals surface area contributed by atoms with Crippen molar-refractivity contribution in [3.8, 4) is 5.75 Å². The van der Waals surface area contributed by atoms with Gasteiger partial charge in [-0.25, -0.2) is 0 Å². The summed E-state index contributed by atoms with van der Waals surface area (Å²) >= 11 is 0. The van der Waals surface area contributed by atoms with Crippen LogP contribution in [0.5, 0.6) is 5.75 Å². The average Bonchev–Trinajstić information content (AvgIpc) is 1.58. The third-order valence-corrected chi connectivity index (χ3v) is 15.2. The van der Waals surface area contributed by atoms with Gasteiger partial charge in [-0.2, -0.15) is 0 Å². The second-order valence-electron chi connectivity index (χ2n) is 22.9. The van der Waals surface area contributed by atoms with Crippen LogP contribution in [0.3, 0.4) is 0 Å². The molecule has 1 aliphatic heterocycles. The van der Waals surface area contributed by atoms with Crippen molar-refractivity contribution in [2.24, 2.45) is 28.7 Å². The molecule has 0 aromatic heterocycles. The number of ether oxygens (including phenoxy) is 2. The summed E-state index contributed by atoms with van der Waals surface area (Å²) in [6.07, 6.45) is 0.259. The number of nitrogens with zero attached hydrogens (tertiary/aromatic N) is 1. The summed E-state index contributed by atoms with van der Waals surface area (Å²) < 4.78 is 10.5. The fourth-order valence-electron chi connectivity index (χ4n) is 10.3. The topological polar surface area (TPSA) is 547 Å². The van der Waals surface area contributed by atoms with Gasteiger partial charge in [0.2, 0.25) is 59.1 Å². The number of hydrogen-bond donors (Lipinski definition) is 20. The number of methoxy groups -OCH3 is 1. The quantitative estimate of drug-likeness (QED) is 0.0146. The highest BCUT2D eigenvalue weighted by molar-refractivity contribution is 5.99. The van der Waals surface area contributed by atoms with Crippen molar-refractivity contribution in [2.75, 3.05) is 66.2 Å². The number of phenolic OH excluding ortho intramolecular Hbond substituents is 1. The van der Waals surface area contributed by atoms with Gasteiger partial charge in [0.15, 0.2) is 17.9 Å². The van der Waals surface area contributed by atoms with E-state index in [2.05, 4.69) is 58.5 Å². The number of likely N-dealkylation sites (tertiary alicyclic amines) is 1. The molecule has 1 fully saturated rings. The molecule has 3 aromatic rings. The predicted octanol–water partition coefficient (Wildman–Crippen LogP) is -4.01. The lowest BCUT2D eigenvalue weighted by Crippen LogP contribution is -2.60. The van der Waals surface area contributed by atoms with E-state index in [9.17, 15) is 53.1 Å². The highest BCUT2D eigenvalue weighted by Crippen LogP contribution is 2.21. The SMILES string of the molecule is COCCOCCCNCCC(=O)N[C@@H](Cc1ccc(O)cc1)C(=O)N[C@@H](Cc1ccccc1)C(=O)N[C@@H](CCCNC(=N)N)C(=O)N[C@@H](Cc1ccccc1)C(=O)N[C@@H](CCCNC(=N)N)C(=O)N1CCC[C@H]1C(=O)N[C@@H](CCCNC(=N)N)C(=O)N[C@@H](CC(N)=O)C(N)=O. The van der Waals surface area contributed by atoms with Crippen molar-refractivity contribution >= 4 is 77.0 Å². The van der Waals surface area contributed by atoms with E-state index in [0.717, 1.165) is 0 Å². The number of nitrogens with one attached hydrogen (secondary N) is 14. The molecule has 0 unspecified atom stereocenters. The molecule has 3 aromatic carbocycles. The third-order valence-electron chi connectivity index (χ3n) is 15.2. The highest BCUT2D eigenvalue weighted by Gasteiger charge is 2.40. The summed E-state index contributed by atoms with van der Waals surface area (Å²) in [7, 11) is 1.58. The molecule has 33 nitrogen and oxygen atoms in total. The summed E-state index contributed by atoms with van der Waals surface area (Å²) in [6.45, 7) is 2.49. The van der Waals surface area contributed by atoms with Crippen molar-refractivity contribution in [1.82, 2.24) is 63.4 Å². The summed E-state index contributed by atoms with van der Waals surface area (Å²) in [5.41, 5.74) is 29.1. The molecule has 1 aliphatic rings. The first kappa shape index (κ1) is 78.3. The number of guanidine groups is 3. The number of rotatable bonds is 45. The van der Waals surface area contributed by atoms with Crippen LogP contribution in [0.2, 0.25) is 0 Å². The first-order valence-corrected chi connectivity index (χ1v) is 31.8. The Morgan fingerprint density at radius 3 is 1.43 bits per heavy atom. The largest absolute Gasteiger partial charge is 0.508 e. The van der Waals surface area contributed by atoms with Crippen LogP contribution in [0.25, 0.3) is 0 Å². The van der Waals surface area contributed by atoms with Gasteiger partial charge in [-0.1, -0.05) is 72.8 Å². The van der Waals surface area contributed by atoms with E-state index in [1.54, 1.807) is 79.9 Å². The number of phenols is 1.